The van der Waals surface area contributed by atoms with Gasteiger partial charge in [-0.05, 0) is 30.8 Å². The van der Waals surface area contributed by atoms with Crippen molar-refractivity contribution in [1.82, 2.24) is 0 Å². The Morgan fingerprint density at radius 2 is 2.00 bits per heavy atom. The van der Waals surface area contributed by atoms with Gasteiger partial charge in [0.2, 0.25) is 0 Å². The second-order valence-corrected chi connectivity index (χ2v) is 5.48. The van der Waals surface area contributed by atoms with Gasteiger partial charge >= 0.3 is 0 Å². The van der Waals surface area contributed by atoms with Gasteiger partial charge in [0.25, 0.3) is 0 Å². The standard InChI is InChI=1S/C8H16NP/c9-8-5-6-3-1-2-4-7(6)10-8/h6-8,10H,1-5,9H2/t6?,7?,8-/m1/s1. The van der Waals surface area contributed by atoms with E-state index >= 15 is 0 Å². The molecule has 10 heavy (non-hydrogen) atoms. The largest absolute Gasteiger partial charge is 0.324 e. The fourth-order valence-corrected chi connectivity index (χ4v) is 4.31. The zero-order valence-corrected chi connectivity index (χ0v) is 7.34. The van der Waals surface area contributed by atoms with Gasteiger partial charge in [-0.3, -0.25) is 0 Å². The van der Waals surface area contributed by atoms with E-state index in [0.717, 1.165) is 20.2 Å². The van der Waals surface area contributed by atoms with Crippen molar-refractivity contribution in [2.45, 2.75) is 43.5 Å². The molecule has 2 rings (SSSR count). The van der Waals surface area contributed by atoms with Gasteiger partial charge in [-0.1, -0.05) is 12.8 Å². The molecule has 1 heterocycles. The molecule has 1 aliphatic heterocycles. The van der Waals surface area contributed by atoms with E-state index in [9.17, 15) is 0 Å². The molecule has 1 saturated heterocycles. The molecule has 2 N–H and O–H groups in total. The molecule has 2 aliphatic rings. The minimum atomic E-state index is 0.577. The molecule has 3 unspecified atom stereocenters. The van der Waals surface area contributed by atoms with E-state index in [0.29, 0.717) is 5.78 Å². The van der Waals surface area contributed by atoms with Gasteiger partial charge in [-0.25, -0.2) is 0 Å². The lowest BCUT2D eigenvalue weighted by atomic mass is 9.87. The van der Waals surface area contributed by atoms with Crippen LogP contribution in [0, 0.1) is 5.92 Å². The van der Waals surface area contributed by atoms with E-state index in [4.69, 9.17) is 5.73 Å². The highest BCUT2D eigenvalue weighted by Crippen LogP contribution is 2.48. The Labute approximate surface area is 64.5 Å². The van der Waals surface area contributed by atoms with E-state index in [1.807, 2.05) is 0 Å². The van der Waals surface area contributed by atoms with Crippen LogP contribution in [0.4, 0.5) is 0 Å². The Kier molecular flexibility index (Phi) is 1.97. The second kappa shape index (κ2) is 2.79. The molecule has 2 fully saturated rings. The normalized spacial score (nSPS) is 49.5. The number of rotatable bonds is 0. The second-order valence-electron chi connectivity index (χ2n) is 3.66. The summed E-state index contributed by atoms with van der Waals surface area (Å²) in [5, 5.41) is 0. The van der Waals surface area contributed by atoms with Crippen LogP contribution in [0.2, 0.25) is 0 Å². The summed E-state index contributed by atoms with van der Waals surface area (Å²) in [6.45, 7) is 0. The lowest BCUT2D eigenvalue weighted by Crippen LogP contribution is -2.16. The Balaban J connectivity index is 1.97. The third-order valence-electron chi connectivity index (χ3n) is 2.89. The Hall–Kier alpha value is 0.390. The fourth-order valence-electron chi connectivity index (χ4n) is 2.38. The van der Waals surface area contributed by atoms with Crippen LogP contribution in [0.5, 0.6) is 0 Å². The van der Waals surface area contributed by atoms with Crippen LogP contribution < -0.4 is 5.73 Å². The van der Waals surface area contributed by atoms with Crippen LogP contribution in [-0.2, 0) is 0 Å². The summed E-state index contributed by atoms with van der Waals surface area (Å²) in [5.41, 5.74) is 6.95. The van der Waals surface area contributed by atoms with Gasteiger partial charge < -0.3 is 5.73 Å². The first-order valence-corrected chi connectivity index (χ1v) is 5.53. The number of fused-ring (bicyclic) bond motifs is 1. The molecule has 0 aromatic carbocycles. The third-order valence-corrected chi connectivity index (χ3v) is 4.75. The zero-order chi connectivity index (χ0) is 6.97. The minimum absolute atomic E-state index is 0.577. The SMILES string of the molecule is N[C@H]1CC2CCCCC2P1. The number of hydrogen-bond donors (Lipinski definition) is 1. The molecule has 4 atom stereocenters. The summed E-state index contributed by atoms with van der Waals surface area (Å²) < 4.78 is 0. The molecule has 0 aromatic rings. The molecule has 58 valence electrons. The number of hydrogen-bond acceptors (Lipinski definition) is 1. The van der Waals surface area contributed by atoms with E-state index < -0.39 is 0 Å². The first-order valence-electron chi connectivity index (χ1n) is 4.38. The van der Waals surface area contributed by atoms with E-state index in [-0.39, 0.29) is 0 Å². The van der Waals surface area contributed by atoms with E-state index in [1.165, 1.54) is 32.1 Å². The monoisotopic (exact) mass is 157 g/mol. The lowest BCUT2D eigenvalue weighted by molar-refractivity contribution is 0.368. The van der Waals surface area contributed by atoms with Crippen LogP contribution in [0.25, 0.3) is 0 Å². The van der Waals surface area contributed by atoms with Gasteiger partial charge in [-0.2, -0.15) is 0 Å². The third kappa shape index (κ3) is 1.22. The van der Waals surface area contributed by atoms with Crippen LogP contribution in [0.1, 0.15) is 32.1 Å². The summed E-state index contributed by atoms with van der Waals surface area (Å²) in [6.07, 6.45) is 7.24. The predicted octanol–water partition coefficient (Wildman–Crippen LogP) is 1.91. The van der Waals surface area contributed by atoms with Gasteiger partial charge in [0.05, 0.1) is 0 Å². The van der Waals surface area contributed by atoms with Gasteiger partial charge in [-0.15, -0.1) is 8.58 Å². The highest BCUT2D eigenvalue weighted by molar-refractivity contribution is 7.40. The molecule has 1 aliphatic carbocycles. The summed E-state index contributed by atoms with van der Waals surface area (Å²) in [4.78, 5) is 0. The maximum Gasteiger partial charge on any atom is 0.0219 e. The first-order chi connectivity index (χ1) is 4.86. The molecular weight excluding hydrogens is 141 g/mol. The van der Waals surface area contributed by atoms with Crippen LogP contribution in [0.3, 0.4) is 0 Å². The Bertz CT molecular complexity index is 112. The minimum Gasteiger partial charge on any atom is -0.324 e. The van der Waals surface area contributed by atoms with Gasteiger partial charge in [0.1, 0.15) is 0 Å². The van der Waals surface area contributed by atoms with Crippen molar-refractivity contribution >= 4 is 8.58 Å². The molecular formula is C8H16NP. The lowest BCUT2D eigenvalue weighted by Gasteiger charge is -2.23. The molecule has 0 radical (unpaired) electrons. The first kappa shape index (κ1) is 7.06. The number of nitrogens with two attached hydrogens (primary N) is 1. The van der Waals surface area contributed by atoms with Crippen LogP contribution in [0.15, 0.2) is 0 Å². The Morgan fingerprint density at radius 3 is 2.80 bits per heavy atom. The van der Waals surface area contributed by atoms with Crippen LogP contribution in [-0.4, -0.2) is 11.4 Å². The molecule has 0 amide bonds. The fraction of sp³-hybridized carbons (Fsp3) is 1.00. The van der Waals surface area contributed by atoms with Gasteiger partial charge in [0, 0.05) is 5.78 Å². The summed E-state index contributed by atoms with van der Waals surface area (Å²) in [5.74, 6) is 1.61. The van der Waals surface area contributed by atoms with E-state index in [2.05, 4.69) is 0 Å². The zero-order valence-electron chi connectivity index (χ0n) is 6.34. The van der Waals surface area contributed by atoms with Crippen molar-refractivity contribution in [2.75, 3.05) is 0 Å². The van der Waals surface area contributed by atoms with Crippen LogP contribution >= 0.6 is 8.58 Å². The molecule has 0 spiro atoms. The van der Waals surface area contributed by atoms with Crippen molar-refractivity contribution < 1.29 is 0 Å². The maximum absolute atomic E-state index is 5.91. The summed E-state index contributed by atoms with van der Waals surface area (Å²) >= 11 is 0. The maximum atomic E-state index is 5.91. The molecule has 0 bridgehead atoms. The van der Waals surface area contributed by atoms with Gasteiger partial charge in [0.15, 0.2) is 0 Å². The average Bonchev–Trinajstić information content (AvgIpc) is 2.27. The molecule has 2 heteroatoms. The average molecular weight is 157 g/mol. The topological polar surface area (TPSA) is 26.0 Å². The highest BCUT2D eigenvalue weighted by Gasteiger charge is 2.33. The van der Waals surface area contributed by atoms with E-state index in [1.54, 1.807) is 0 Å². The molecule has 1 nitrogen and oxygen atoms in total. The summed E-state index contributed by atoms with van der Waals surface area (Å²) in [7, 11) is 1.09. The van der Waals surface area contributed by atoms with Crippen molar-refractivity contribution in [2.24, 2.45) is 11.7 Å². The van der Waals surface area contributed by atoms with Crippen molar-refractivity contribution in [3.63, 3.8) is 0 Å². The molecule has 0 aromatic heterocycles. The predicted molar refractivity (Wildman–Crippen MR) is 46.7 cm³/mol. The van der Waals surface area contributed by atoms with Crippen molar-refractivity contribution in [1.29, 1.82) is 0 Å². The highest BCUT2D eigenvalue weighted by atomic mass is 31.1. The Morgan fingerprint density at radius 1 is 1.20 bits per heavy atom. The quantitative estimate of drug-likeness (QED) is 0.534. The smallest absolute Gasteiger partial charge is 0.0219 e. The van der Waals surface area contributed by atoms with Crippen molar-refractivity contribution in [3.8, 4) is 0 Å². The molecule has 1 saturated carbocycles. The summed E-state index contributed by atoms with van der Waals surface area (Å²) in [6, 6.07) is 0. The van der Waals surface area contributed by atoms with Crippen molar-refractivity contribution in [3.05, 3.63) is 0 Å².